The van der Waals surface area contributed by atoms with Crippen molar-refractivity contribution < 1.29 is 0 Å². The van der Waals surface area contributed by atoms with Gasteiger partial charge in [0.1, 0.15) is 0 Å². The van der Waals surface area contributed by atoms with Gasteiger partial charge in [-0.15, -0.1) is 22.9 Å². The van der Waals surface area contributed by atoms with E-state index in [2.05, 4.69) is 19.9 Å². The van der Waals surface area contributed by atoms with Crippen molar-refractivity contribution in [3.05, 3.63) is 20.8 Å². The van der Waals surface area contributed by atoms with Crippen LogP contribution in [0.5, 0.6) is 0 Å². The summed E-state index contributed by atoms with van der Waals surface area (Å²) in [5, 5.41) is 0. The van der Waals surface area contributed by atoms with Crippen LogP contribution in [0, 0.1) is 6.92 Å². The molecule has 0 aliphatic heterocycles. The third-order valence-electron chi connectivity index (χ3n) is 2.24. The fourth-order valence-electron chi connectivity index (χ4n) is 1.15. The molecule has 0 bridgehead atoms. The molecule has 0 amide bonds. The first-order valence-corrected chi connectivity index (χ1v) is 6.02. The number of aryl methyl sites for hydroxylation is 1. The summed E-state index contributed by atoms with van der Waals surface area (Å²) in [6.07, 6.45) is 0.991. The van der Waals surface area contributed by atoms with Crippen LogP contribution >= 0.6 is 34.5 Å². The number of hydrogen-bond acceptors (Lipinski definition) is 1. The third kappa shape index (κ3) is 2.61. The van der Waals surface area contributed by atoms with E-state index < -0.39 is 0 Å². The second kappa shape index (κ2) is 4.20. The highest BCUT2D eigenvalue weighted by Crippen LogP contribution is 2.37. The molecule has 1 heterocycles. The van der Waals surface area contributed by atoms with Crippen molar-refractivity contribution in [3.63, 3.8) is 0 Å². The summed E-state index contributed by atoms with van der Waals surface area (Å²) in [5.74, 6) is 0.696. The maximum atomic E-state index is 6.02. The summed E-state index contributed by atoms with van der Waals surface area (Å²) in [7, 11) is 0. The second-order valence-corrected chi connectivity index (χ2v) is 5.92. The van der Waals surface area contributed by atoms with Crippen LogP contribution in [-0.2, 0) is 5.41 Å². The fourth-order valence-corrected chi connectivity index (χ4v) is 2.96. The molecule has 0 unspecified atom stereocenters. The maximum Gasteiger partial charge on any atom is 0.0960 e. The summed E-state index contributed by atoms with van der Waals surface area (Å²) in [6.45, 7) is 6.45. The van der Waals surface area contributed by atoms with Crippen LogP contribution in [0.25, 0.3) is 0 Å². The van der Waals surface area contributed by atoms with E-state index in [1.54, 1.807) is 11.3 Å². The maximum absolute atomic E-state index is 6.02. The van der Waals surface area contributed by atoms with E-state index in [0.717, 1.165) is 10.8 Å². The minimum Gasteiger partial charge on any atom is -0.128 e. The quantitative estimate of drug-likeness (QED) is 0.673. The Bertz CT molecular complexity index is 270. The largest absolute Gasteiger partial charge is 0.128 e. The molecule has 0 nitrogen and oxygen atoms in total. The van der Waals surface area contributed by atoms with Crippen LogP contribution in [0.2, 0.25) is 4.34 Å². The molecule has 0 saturated heterocycles. The van der Waals surface area contributed by atoms with Crippen molar-refractivity contribution in [3.8, 4) is 0 Å². The lowest BCUT2D eigenvalue weighted by Crippen LogP contribution is -2.15. The highest BCUT2D eigenvalue weighted by Gasteiger charge is 2.22. The van der Waals surface area contributed by atoms with Gasteiger partial charge in [0, 0.05) is 16.2 Å². The Kier molecular flexibility index (Phi) is 3.67. The van der Waals surface area contributed by atoms with Gasteiger partial charge in [-0.2, -0.15) is 0 Å². The Labute approximate surface area is 93.9 Å². The number of rotatable bonds is 3. The molecule has 0 fully saturated rings. The van der Waals surface area contributed by atoms with E-state index in [1.165, 1.54) is 10.4 Å². The SMILES string of the molecule is Cc1cc(C(C)(C)CCCl)sc1Cl. The van der Waals surface area contributed by atoms with E-state index in [4.69, 9.17) is 23.2 Å². The van der Waals surface area contributed by atoms with Gasteiger partial charge in [0.25, 0.3) is 0 Å². The molecule has 0 aliphatic carbocycles. The number of alkyl halides is 1. The van der Waals surface area contributed by atoms with Gasteiger partial charge in [0.15, 0.2) is 0 Å². The van der Waals surface area contributed by atoms with Crippen LogP contribution in [0.15, 0.2) is 6.07 Å². The molecular weight excluding hydrogens is 223 g/mol. The summed E-state index contributed by atoms with van der Waals surface area (Å²) >= 11 is 13.4. The van der Waals surface area contributed by atoms with E-state index in [-0.39, 0.29) is 5.41 Å². The molecule has 0 aliphatic rings. The molecule has 0 spiro atoms. The molecular formula is C10H14Cl2S. The molecule has 3 heteroatoms. The lowest BCUT2D eigenvalue weighted by molar-refractivity contribution is 0.520. The Morgan fingerprint density at radius 3 is 2.46 bits per heavy atom. The van der Waals surface area contributed by atoms with Crippen molar-refractivity contribution in [2.45, 2.75) is 32.6 Å². The second-order valence-electron chi connectivity index (χ2n) is 3.89. The van der Waals surface area contributed by atoms with Gasteiger partial charge in [-0.25, -0.2) is 0 Å². The van der Waals surface area contributed by atoms with Gasteiger partial charge in [0.2, 0.25) is 0 Å². The predicted octanol–water partition coefficient (Wildman–Crippen LogP) is 4.62. The molecule has 1 rings (SSSR count). The molecule has 0 saturated carbocycles. The standard InChI is InChI=1S/C10H14Cl2S/c1-7-6-8(13-9(7)12)10(2,3)4-5-11/h6H,4-5H2,1-3H3. The Balaban J connectivity index is 2.93. The molecule has 74 valence electrons. The first-order valence-electron chi connectivity index (χ1n) is 4.30. The predicted molar refractivity (Wildman–Crippen MR) is 62.4 cm³/mol. The Hall–Kier alpha value is 0.280. The minimum atomic E-state index is 0.157. The zero-order chi connectivity index (χ0) is 10.1. The van der Waals surface area contributed by atoms with Crippen molar-refractivity contribution in [2.75, 3.05) is 5.88 Å². The number of thiophene rings is 1. The molecule has 1 aromatic heterocycles. The molecule has 1 aromatic rings. The van der Waals surface area contributed by atoms with Crippen LogP contribution < -0.4 is 0 Å². The molecule has 0 atom stereocenters. The van der Waals surface area contributed by atoms with Crippen molar-refractivity contribution >= 4 is 34.5 Å². The van der Waals surface area contributed by atoms with Crippen LogP contribution in [0.1, 0.15) is 30.7 Å². The van der Waals surface area contributed by atoms with Crippen LogP contribution in [0.3, 0.4) is 0 Å². The number of halogens is 2. The Morgan fingerprint density at radius 2 is 2.08 bits per heavy atom. The topological polar surface area (TPSA) is 0 Å². The lowest BCUT2D eigenvalue weighted by atomic mass is 9.88. The summed E-state index contributed by atoms with van der Waals surface area (Å²) in [4.78, 5) is 1.33. The van der Waals surface area contributed by atoms with Gasteiger partial charge in [-0.05, 0) is 25.0 Å². The highest BCUT2D eigenvalue weighted by molar-refractivity contribution is 7.16. The van der Waals surface area contributed by atoms with E-state index >= 15 is 0 Å². The van der Waals surface area contributed by atoms with E-state index in [9.17, 15) is 0 Å². The van der Waals surface area contributed by atoms with Crippen molar-refractivity contribution in [2.24, 2.45) is 0 Å². The average Bonchev–Trinajstić information content (AvgIpc) is 2.33. The zero-order valence-electron chi connectivity index (χ0n) is 8.16. The van der Waals surface area contributed by atoms with E-state index in [0.29, 0.717) is 5.88 Å². The van der Waals surface area contributed by atoms with Gasteiger partial charge >= 0.3 is 0 Å². The average molecular weight is 237 g/mol. The van der Waals surface area contributed by atoms with Crippen LogP contribution in [-0.4, -0.2) is 5.88 Å². The highest BCUT2D eigenvalue weighted by atomic mass is 35.5. The monoisotopic (exact) mass is 236 g/mol. The Morgan fingerprint density at radius 1 is 1.46 bits per heavy atom. The van der Waals surface area contributed by atoms with Crippen molar-refractivity contribution in [1.82, 2.24) is 0 Å². The zero-order valence-corrected chi connectivity index (χ0v) is 10.5. The summed E-state index contributed by atoms with van der Waals surface area (Å²) in [5.41, 5.74) is 1.33. The summed E-state index contributed by atoms with van der Waals surface area (Å²) < 4.78 is 0.901. The first kappa shape index (κ1) is 11.4. The first-order chi connectivity index (χ1) is 5.97. The normalized spacial score (nSPS) is 12.1. The van der Waals surface area contributed by atoms with Crippen LogP contribution in [0.4, 0.5) is 0 Å². The fraction of sp³-hybridized carbons (Fsp3) is 0.600. The minimum absolute atomic E-state index is 0.157. The van der Waals surface area contributed by atoms with E-state index in [1.807, 2.05) is 6.92 Å². The van der Waals surface area contributed by atoms with Gasteiger partial charge < -0.3 is 0 Å². The molecule has 0 N–H and O–H groups in total. The van der Waals surface area contributed by atoms with Gasteiger partial charge in [0.05, 0.1) is 4.34 Å². The third-order valence-corrected chi connectivity index (χ3v) is 4.35. The number of hydrogen-bond donors (Lipinski definition) is 0. The molecule has 13 heavy (non-hydrogen) atoms. The van der Waals surface area contributed by atoms with Crippen molar-refractivity contribution in [1.29, 1.82) is 0 Å². The van der Waals surface area contributed by atoms with Gasteiger partial charge in [-0.3, -0.25) is 0 Å². The summed E-state index contributed by atoms with van der Waals surface area (Å²) in [6, 6.07) is 2.17. The molecule has 0 aromatic carbocycles. The lowest BCUT2D eigenvalue weighted by Gasteiger charge is -2.21. The van der Waals surface area contributed by atoms with Gasteiger partial charge in [-0.1, -0.05) is 25.4 Å². The smallest absolute Gasteiger partial charge is 0.0960 e. The molecule has 0 radical (unpaired) electrons.